The minimum absolute atomic E-state index is 0.227. The highest BCUT2D eigenvalue weighted by Crippen LogP contribution is 2.11. The monoisotopic (exact) mass is 384 g/mol. The zero-order valence-electron chi connectivity index (χ0n) is 14.6. The first-order chi connectivity index (χ1) is 11.9. The van der Waals surface area contributed by atoms with Gasteiger partial charge >= 0.3 is 5.97 Å². The molecule has 0 aromatic carbocycles. The van der Waals surface area contributed by atoms with Gasteiger partial charge in [-0.2, -0.15) is 10.2 Å². The van der Waals surface area contributed by atoms with Crippen molar-refractivity contribution in [3.63, 3.8) is 0 Å². The predicted octanol–water partition coefficient (Wildman–Crippen LogP) is 0.563. The van der Waals surface area contributed by atoms with Gasteiger partial charge in [0.1, 0.15) is 18.2 Å². The van der Waals surface area contributed by atoms with Crippen molar-refractivity contribution in [3.8, 4) is 11.3 Å². The third-order valence-corrected chi connectivity index (χ3v) is 2.60. The molecule has 0 saturated carbocycles. The Morgan fingerprint density at radius 1 is 1.35 bits per heavy atom. The molecule has 0 atom stereocenters. The Morgan fingerprint density at radius 3 is 2.46 bits per heavy atom. The fraction of sp³-hybridized carbons (Fsp3) is 0.400. The number of aryl methyl sites for hydroxylation is 1. The minimum Gasteiger partial charge on any atom is -0.726 e. The molecule has 0 saturated heterocycles. The second-order valence-electron chi connectivity index (χ2n) is 6.05. The summed E-state index contributed by atoms with van der Waals surface area (Å²) in [4.78, 5) is 11.6. The third-order valence-electron chi connectivity index (χ3n) is 2.60. The van der Waals surface area contributed by atoms with Gasteiger partial charge in [-0.25, -0.2) is 8.42 Å². The van der Waals surface area contributed by atoms with E-state index in [1.165, 1.54) is 0 Å². The molecule has 0 aliphatic rings. The van der Waals surface area contributed by atoms with Crippen LogP contribution in [0.1, 0.15) is 27.2 Å². The molecule has 11 heteroatoms. The van der Waals surface area contributed by atoms with Crippen molar-refractivity contribution in [2.75, 3.05) is 0 Å². The molecule has 2 aromatic heterocycles. The standard InChI is InChI=1S/C15H19N4O2.H2O4S/c1-15(2,3)21-14(20)7-10-19-9-6-12(11-17-19)13-5-4-8-16-18-13;1-5(2,3)4/h4-6,8-9,11H,7,10H2,1-3H3;(H2,1,2,3,4)/q+1;/p-1. The van der Waals surface area contributed by atoms with Gasteiger partial charge in [-0.3, -0.25) is 9.35 Å². The molecular weight excluding hydrogens is 364 g/mol. The summed E-state index contributed by atoms with van der Waals surface area (Å²) in [5, 5.41) is 12.1. The van der Waals surface area contributed by atoms with Crippen LogP contribution in [0.2, 0.25) is 0 Å². The molecule has 142 valence electrons. The first kappa shape index (κ1) is 21.5. The topological polar surface area (TPSA) is 146 Å². The maximum Gasteiger partial charge on any atom is 0.312 e. The molecule has 0 amide bonds. The number of aromatic nitrogens is 4. The summed E-state index contributed by atoms with van der Waals surface area (Å²) in [6, 6.07) is 5.59. The van der Waals surface area contributed by atoms with Gasteiger partial charge in [-0.1, -0.05) is 4.68 Å². The summed E-state index contributed by atoms with van der Waals surface area (Å²) in [6.07, 6.45) is 5.44. The highest BCUT2D eigenvalue weighted by molar-refractivity contribution is 7.79. The molecular formula is C15H20N4O6S. The van der Waals surface area contributed by atoms with Gasteiger partial charge in [-0.05, 0) is 38.0 Å². The lowest BCUT2D eigenvalue weighted by Crippen LogP contribution is -2.39. The van der Waals surface area contributed by atoms with Crippen molar-refractivity contribution in [1.82, 2.24) is 15.3 Å². The van der Waals surface area contributed by atoms with Crippen molar-refractivity contribution in [3.05, 3.63) is 36.8 Å². The Morgan fingerprint density at radius 2 is 2.00 bits per heavy atom. The van der Waals surface area contributed by atoms with E-state index in [2.05, 4.69) is 15.3 Å². The van der Waals surface area contributed by atoms with Gasteiger partial charge in [0.05, 0.1) is 5.69 Å². The van der Waals surface area contributed by atoms with E-state index in [9.17, 15) is 4.79 Å². The Balaban J connectivity index is 0.000000597. The maximum absolute atomic E-state index is 11.6. The number of hydrogen-bond donors (Lipinski definition) is 1. The van der Waals surface area contributed by atoms with Gasteiger partial charge in [0.15, 0.2) is 12.7 Å². The molecule has 1 N–H and O–H groups in total. The highest BCUT2D eigenvalue weighted by Gasteiger charge is 2.17. The van der Waals surface area contributed by atoms with E-state index < -0.39 is 16.0 Å². The molecule has 2 heterocycles. The molecule has 2 aromatic rings. The number of carbonyl (C=O) groups excluding carboxylic acids is 1. The predicted molar refractivity (Wildman–Crippen MR) is 88.2 cm³/mol. The number of esters is 1. The lowest BCUT2D eigenvalue weighted by atomic mass is 10.2. The minimum atomic E-state index is -4.92. The van der Waals surface area contributed by atoms with Crippen molar-refractivity contribution in [1.29, 1.82) is 0 Å². The van der Waals surface area contributed by atoms with Crippen molar-refractivity contribution < 1.29 is 31.7 Å². The summed E-state index contributed by atoms with van der Waals surface area (Å²) in [5.41, 5.74) is 1.20. The molecule has 0 radical (unpaired) electrons. The number of rotatable bonds is 4. The molecule has 0 aliphatic carbocycles. The first-order valence-electron chi connectivity index (χ1n) is 7.48. The van der Waals surface area contributed by atoms with Crippen LogP contribution in [0.25, 0.3) is 11.3 Å². The van der Waals surface area contributed by atoms with E-state index >= 15 is 0 Å². The van der Waals surface area contributed by atoms with E-state index in [0.29, 0.717) is 13.0 Å². The average Bonchev–Trinajstić information content (AvgIpc) is 2.51. The second kappa shape index (κ2) is 9.27. The van der Waals surface area contributed by atoms with Crippen LogP contribution >= 0.6 is 0 Å². The highest BCUT2D eigenvalue weighted by atomic mass is 32.3. The van der Waals surface area contributed by atoms with Crippen LogP contribution in [-0.2, 0) is 26.5 Å². The quantitative estimate of drug-likeness (QED) is 0.345. The Labute approximate surface area is 151 Å². The van der Waals surface area contributed by atoms with E-state index in [-0.39, 0.29) is 5.97 Å². The van der Waals surface area contributed by atoms with E-state index in [4.69, 9.17) is 22.3 Å². The molecule has 0 unspecified atom stereocenters. The normalized spacial score (nSPS) is 11.3. The molecule has 0 spiro atoms. The van der Waals surface area contributed by atoms with Crippen LogP contribution in [0, 0.1) is 0 Å². The average molecular weight is 384 g/mol. The van der Waals surface area contributed by atoms with Crippen LogP contribution in [0.4, 0.5) is 0 Å². The molecule has 10 nitrogen and oxygen atoms in total. The van der Waals surface area contributed by atoms with Gasteiger partial charge < -0.3 is 9.29 Å². The SMILES string of the molecule is CC(C)(C)OC(=O)CC[n+]1ccc(-c2cccnn2)cn1.O=S(=O)([O-])O. The Bertz CT molecular complexity index is 796. The van der Waals surface area contributed by atoms with E-state index in [0.717, 1.165) is 11.3 Å². The smallest absolute Gasteiger partial charge is 0.312 e. The third kappa shape index (κ3) is 10.4. The molecule has 26 heavy (non-hydrogen) atoms. The Hall–Kier alpha value is -2.50. The van der Waals surface area contributed by atoms with Crippen LogP contribution in [0.15, 0.2) is 36.8 Å². The van der Waals surface area contributed by atoms with Gasteiger partial charge in [-0.15, -0.1) is 0 Å². The first-order valence-corrected chi connectivity index (χ1v) is 8.84. The van der Waals surface area contributed by atoms with Crippen LogP contribution in [0.3, 0.4) is 0 Å². The molecule has 0 bridgehead atoms. The molecule has 0 aliphatic heterocycles. The fourth-order valence-corrected chi connectivity index (χ4v) is 1.72. The van der Waals surface area contributed by atoms with Gasteiger partial charge in [0.25, 0.3) is 0 Å². The summed E-state index contributed by atoms with van der Waals surface area (Å²) in [7, 11) is -4.92. The van der Waals surface area contributed by atoms with Crippen molar-refractivity contribution in [2.24, 2.45) is 0 Å². The summed E-state index contributed by atoms with van der Waals surface area (Å²) in [6.45, 7) is 6.04. The maximum atomic E-state index is 11.6. The van der Waals surface area contributed by atoms with Gasteiger partial charge in [0, 0.05) is 17.8 Å². The number of hydrogen-bond acceptors (Lipinski definition) is 8. The van der Waals surface area contributed by atoms with Crippen molar-refractivity contribution in [2.45, 2.75) is 39.3 Å². The fourth-order valence-electron chi connectivity index (χ4n) is 1.72. The molecule has 0 fully saturated rings. The van der Waals surface area contributed by atoms with Crippen LogP contribution < -0.4 is 4.68 Å². The number of carbonyl (C=O) groups is 1. The van der Waals surface area contributed by atoms with Crippen LogP contribution in [0.5, 0.6) is 0 Å². The van der Waals surface area contributed by atoms with Crippen LogP contribution in [-0.4, -0.2) is 44.4 Å². The van der Waals surface area contributed by atoms with E-state index in [1.807, 2.05) is 45.2 Å². The Kier molecular flexibility index (Phi) is 7.68. The zero-order valence-corrected chi connectivity index (χ0v) is 15.4. The van der Waals surface area contributed by atoms with E-state index in [1.54, 1.807) is 17.1 Å². The lowest BCUT2D eigenvalue weighted by molar-refractivity contribution is -0.752. The number of ether oxygens (including phenoxy) is 1. The largest absolute Gasteiger partial charge is 0.726 e. The lowest BCUT2D eigenvalue weighted by Gasteiger charge is -2.18. The summed E-state index contributed by atoms with van der Waals surface area (Å²) < 4.78 is 39.8. The van der Waals surface area contributed by atoms with Crippen molar-refractivity contribution >= 4 is 16.4 Å². The summed E-state index contributed by atoms with van der Waals surface area (Å²) >= 11 is 0. The second-order valence-corrected chi connectivity index (χ2v) is 6.91. The van der Waals surface area contributed by atoms with Gasteiger partial charge in [0.2, 0.25) is 10.4 Å². The molecule has 2 rings (SSSR count). The summed E-state index contributed by atoms with van der Waals surface area (Å²) in [5.74, 6) is -0.227. The number of nitrogens with zero attached hydrogens (tertiary/aromatic N) is 4. The zero-order chi connectivity index (χ0) is 19.8.